The SMILES string of the molecule is Cc1cc(S(=O)(=O)NC(C)C(=O)O)c(F)cc1F. The van der Waals surface area contributed by atoms with Crippen LogP contribution >= 0.6 is 0 Å². The van der Waals surface area contributed by atoms with E-state index in [1.807, 2.05) is 0 Å². The number of carboxylic acids is 1. The molecule has 0 aliphatic rings. The van der Waals surface area contributed by atoms with E-state index in [0.29, 0.717) is 6.07 Å². The highest BCUT2D eigenvalue weighted by atomic mass is 32.2. The fourth-order valence-electron chi connectivity index (χ4n) is 1.18. The van der Waals surface area contributed by atoms with E-state index in [2.05, 4.69) is 0 Å². The van der Waals surface area contributed by atoms with Crippen LogP contribution in [0, 0.1) is 18.6 Å². The zero-order valence-electron chi connectivity index (χ0n) is 9.57. The lowest BCUT2D eigenvalue weighted by Gasteiger charge is -2.11. The molecule has 1 rings (SSSR count). The third-order valence-corrected chi connectivity index (χ3v) is 3.76. The molecule has 0 heterocycles. The van der Waals surface area contributed by atoms with Gasteiger partial charge in [0, 0.05) is 6.07 Å². The number of carbonyl (C=O) groups is 1. The number of sulfonamides is 1. The first-order valence-corrected chi connectivity index (χ1v) is 6.34. The standard InChI is InChI=1S/C10H11F2NO4S/c1-5-3-9(8(12)4-7(5)11)18(16,17)13-6(2)10(14)15/h3-4,6,13H,1-2H3,(H,14,15). The lowest BCUT2D eigenvalue weighted by molar-refractivity contribution is -0.138. The van der Waals surface area contributed by atoms with Gasteiger partial charge in [-0.3, -0.25) is 4.79 Å². The minimum Gasteiger partial charge on any atom is -0.480 e. The fraction of sp³-hybridized carbons (Fsp3) is 0.300. The van der Waals surface area contributed by atoms with Crippen molar-refractivity contribution < 1.29 is 27.1 Å². The van der Waals surface area contributed by atoms with Gasteiger partial charge in [-0.1, -0.05) is 0 Å². The summed E-state index contributed by atoms with van der Waals surface area (Å²) >= 11 is 0. The van der Waals surface area contributed by atoms with Crippen molar-refractivity contribution in [2.75, 3.05) is 0 Å². The lowest BCUT2D eigenvalue weighted by Crippen LogP contribution is -2.38. The highest BCUT2D eigenvalue weighted by molar-refractivity contribution is 7.89. The molecule has 18 heavy (non-hydrogen) atoms. The molecule has 100 valence electrons. The highest BCUT2D eigenvalue weighted by Crippen LogP contribution is 2.19. The van der Waals surface area contributed by atoms with Gasteiger partial charge in [0.05, 0.1) is 0 Å². The summed E-state index contributed by atoms with van der Waals surface area (Å²) in [7, 11) is -4.35. The van der Waals surface area contributed by atoms with Crippen molar-refractivity contribution >= 4 is 16.0 Å². The van der Waals surface area contributed by atoms with Crippen molar-refractivity contribution in [2.45, 2.75) is 24.8 Å². The number of hydrogen-bond acceptors (Lipinski definition) is 3. The maximum Gasteiger partial charge on any atom is 0.321 e. The van der Waals surface area contributed by atoms with Crippen LogP contribution in [0.3, 0.4) is 0 Å². The van der Waals surface area contributed by atoms with Crippen LogP contribution in [0.4, 0.5) is 8.78 Å². The molecule has 2 N–H and O–H groups in total. The third kappa shape index (κ3) is 3.02. The van der Waals surface area contributed by atoms with Crippen molar-refractivity contribution in [1.82, 2.24) is 4.72 Å². The summed E-state index contributed by atoms with van der Waals surface area (Å²) < 4.78 is 51.5. The van der Waals surface area contributed by atoms with Gasteiger partial charge >= 0.3 is 5.97 Å². The molecule has 1 aromatic rings. The van der Waals surface area contributed by atoms with Gasteiger partial charge in [0.1, 0.15) is 22.6 Å². The van der Waals surface area contributed by atoms with E-state index in [0.717, 1.165) is 13.0 Å². The van der Waals surface area contributed by atoms with Crippen LogP contribution in [-0.4, -0.2) is 25.5 Å². The minimum absolute atomic E-state index is 0.0558. The first-order chi connectivity index (χ1) is 8.15. The van der Waals surface area contributed by atoms with Gasteiger partial charge in [-0.05, 0) is 25.5 Å². The van der Waals surface area contributed by atoms with Gasteiger partial charge in [-0.2, -0.15) is 4.72 Å². The topological polar surface area (TPSA) is 83.5 Å². The Bertz CT molecular complexity index is 586. The number of aryl methyl sites for hydroxylation is 1. The molecule has 0 amide bonds. The Kier molecular flexibility index (Phi) is 4.02. The van der Waals surface area contributed by atoms with E-state index < -0.39 is 38.6 Å². The number of nitrogens with one attached hydrogen (secondary N) is 1. The molecule has 0 aliphatic carbocycles. The molecule has 0 aromatic heterocycles. The minimum atomic E-state index is -4.35. The largest absolute Gasteiger partial charge is 0.480 e. The maximum atomic E-state index is 13.4. The normalized spacial score (nSPS) is 13.3. The second kappa shape index (κ2) is 4.99. The Morgan fingerprint density at radius 1 is 1.33 bits per heavy atom. The van der Waals surface area contributed by atoms with E-state index in [1.165, 1.54) is 6.92 Å². The van der Waals surface area contributed by atoms with Crippen LogP contribution in [0.5, 0.6) is 0 Å². The summed E-state index contributed by atoms with van der Waals surface area (Å²) in [6.07, 6.45) is 0. The Hall–Kier alpha value is -1.54. The molecule has 0 saturated carbocycles. The number of rotatable bonds is 4. The number of benzene rings is 1. The molecule has 0 saturated heterocycles. The van der Waals surface area contributed by atoms with E-state index >= 15 is 0 Å². The summed E-state index contributed by atoms with van der Waals surface area (Å²) in [6.45, 7) is 2.36. The lowest BCUT2D eigenvalue weighted by atomic mass is 10.2. The van der Waals surface area contributed by atoms with E-state index in [-0.39, 0.29) is 5.56 Å². The number of hydrogen-bond donors (Lipinski definition) is 2. The molecule has 0 bridgehead atoms. The molecule has 0 spiro atoms. The zero-order valence-corrected chi connectivity index (χ0v) is 10.4. The summed E-state index contributed by atoms with van der Waals surface area (Å²) in [5.41, 5.74) is -0.0558. The van der Waals surface area contributed by atoms with Gasteiger partial charge in [-0.15, -0.1) is 0 Å². The van der Waals surface area contributed by atoms with Gasteiger partial charge in [-0.25, -0.2) is 17.2 Å². The number of carboxylic acid groups (broad SMARTS) is 1. The summed E-state index contributed by atoms with van der Waals surface area (Å²) in [5, 5.41) is 8.58. The van der Waals surface area contributed by atoms with Crippen LogP contribution in [0.2, 0.25) is 0 Å². The predicted molar refractivity (Wildman–Crippen MR) is 58.5 cm³/mol. The molecule has 0 aliphatic heterocycles. The smallest absolute Gasteiger partial charge is 0.321 e. The monoisotopic (exact) mass is 279 g/mol. The first kappa shape index (κ1) is 14.5. The van der Waals surface area contributed by atoms with E-state index in [4.69, 9.17) is 5.11 Å². The van der Waals surface area contributed by atoms with Crippen molar-refractivity contribution in [1.29, 1.82) is 0 Å². The molecular formula is C10H11F2NO4S. The average molecular weight is 279 g/mol. The van der Waals surface area contributed by atoms with E-state index in [1.54, 1.807) is 4.72 Å². The average Bonchev–Trinajstić information content (AvgIpc) is 2.22. The van der Waals surface area contributed by atoms with Crippen LogP contribution in [0.25, 0.3) is 0 Å². The van der Waals surface area contributed by atoms with Crippen LogP contribution in [0.15, 0.2) is 17.0 Å². The second-order valence-electron chi connectivity index (χ2n) is 3.71. The summed E-state index contributed by atoms with van der Waals surface area (Å²) in [4.78, 5) is 9.75. The molecule has 8 heteroatoms. The molecule has 0 fully saturated rings. The van der Waals surface area contributed by atoms with Crippen molar-refractivity contribution in [3.63, 3.8) is 0 Å². The van der Waals surface area contributed by atoms with Crippen molar-refractivity contribution in [3.05, 3.63) is 29.3 Å². The molecule has 1 aromatic carbocycles. The molecular weight excluding hydrogens is 268 g/mol. The number of halogens is 2. The van der Waals surface area contributed by atoms with Gasteiger partial charge in [0.15, 0.2) is 0 Å². The second-order valence-corrected chi connectivity index (χ2v) is 5.40. The molecule has 0 radical (unpaired) electrons. The number of aliphatic carboxylic acids is 1. The van der Waals surface area contributed by atoms with Crippen LogP contribution in [0.1, 0.15) is 12.5 Å². The van der Waals surface area contributed by atoms with Crippen LogP contribution in [-0.2, 0) is 14.8 Å². The quantitative estimate of drug-likeness (QED) is 0.862. The maximum absolute atomic E-state index is 13.4. The summed E-state index contributed by atoms with van der Waals surface area (Å²) in [5.74, 6) is -3.56. The molecule has 1 unspecified atom stereocenters. The zero-order chi connectivity index (χ0) is 14.1. The fourth-order valence-corrected chi connectivity index (χ4v) is 2.52. The Balaban J connectivity index is 3.21. The third-order valence-electron chi connectivity index (χ3n) is 2.21. The van der Waals surface area contributed by atoms with Crippen molar-refractivity contribution in [3.8, 4) is 0 Å². The predicted octanol–water partition coefficient (Wildman–Crippen LogP) is 1.02. The van der Waals surface area contributed by atoms with Gasteiger partial charge < -0.3 is 5.11 Å². The van der Waals surface area contributed by atoms with Gasteiger partial charge in [0.25, 0.3) is 0 Å². The Morgan fingerprint density at radius 3 is 2.39 bits per heavy atom. The van der Waals surface area contributed by atoms with E-state index in [9.17, 15) is 22.0 Å². The first-order valence-electron chi connectivity index (χ1n) is 4.86. The van der Waals surface area contributed by atoms with Gasteiger partial charge in [0.2, 0.25) is 10.0 Å². The highest BCUT2D eigenvalue weighted by Gasteiger charge is 2.25. The molecule has 1 atom stereocenters. The summed E-state index contributed by atoms with van der Waals surface area (Å²) in [6, 6.07) is -0.170. The Morgan fingerprint density at radius 2 is 1.89 bits per heavy atom. The Labute approximate surface area is 102 Å². The van der Waals surface area contributed by atoms with Crippen LogP contribution < -0.4 is 4.72 Å². The molecule has 5 nitrogen and oxygen atoms in total. The van der Waals surface area contributed by atoms with Crippen molar-refractivity contribution in [2.24, 2.45) is 0 Å².